The van der Waals surface area contributed by atoms with Crippen LogP contribution in [0.1, 0.15) is 33.6 Å². The number of carbonyl (C=O) groups is 1. The van der Waals surface area contributed by atoms with E-state index in [0.29, 0.717) is 13.2 Å². The first-order chi connectivity index (χ1) is 10.9. The molecule has 6 nitrogen and oxygen atoms in total. The molecule has 23 heavy (non-hydrogen) atoms. The van der Waals surface area contributed by atoms with Gasteiger partial charge in [-0.05, 0) is 39.7 Å². The number of likely N-dealkylation sites (tertiary alicyclic amines) is 1. The van der Waals surface area contributed by atoms with Gasteiger partial charge in [-0.2, -0.15) is 0 Å². The van der Waals surface area contributed by atoms with Gasteiger partial charge in [-0.1, -0.05) is 23.0 Å². The Bertz CT molecular complexity index is 690. The molecule has 1 saturated heterocycles. The number of ether oxygens (including phenoxy) is 1. The number of aromatic nitrogens is 2. The number of para-hydroxylation sites is 1. The molecule has 0 bridgehead atoms. The Balaban J connectivity index is 1.64. The van der Waals surface area contributed by atoms with E-state index in [1.807, 2.05) is 45.0 Å². The van der Waals surface area contributed by atoms with Gasteiger partial charge in [-0.25, -0.2) is 4.79 Å². The van der Waals surface area contributed by atoms with Crippen LogP contribution in [0.2, 0.25) is 0 Å². The maximum absolute atomic E-state index is 12.3. The third kappa shape index (κ3) is 3.57. The quantitative estimate of drug-likeness (QED) is 0.873. The minimum atomic E-state index is -0.483. The molecule has 1 aromatic carbocycles. The molecule has 0 unspecified atom stereocenters. The van der Waals surface area contributed by atoms with Crippen LogP contribution in [0, 0.1) is 0 Å². The summed E-state index contributed by atoms with van der Waals surface area (Å²) < 4.78 is 5.47. The second-order valence-electron chi connectivity index (χ2n) is 6.84. The number of hydrogen-bond donors (Lipinski definition) is 0. The highest BCUT2D eigenvalue weighted by molar-refractivity contribution is 5.77. The number of rotatable bonds is 3. The molecule has 1 aliphatic heterocycles. The Kier molecular flexibility index (Phi) is 4.15. The van der Waals surface area contributed by atoms with Crippen molar-refractivity contribution in [3.8, 4) is 0 Å². The van der Waals surface area contributed by atoms with Gasteiger partial charge in [-0.15, -0.1) is 5.10 Å². The third-order valence-electron chi connectivity index (χ3n) is 3.84. The predicted octanol–water partition coefficient (Wildman–Crippen LogP) is 2.86. The van der Waals surface area contributed by atoms with Gasteiger partial charge < -0.3 is 14.5 Å². The normalized spacial score (nSPS) is 18.4. The Hall–Kier alpha value is -2.24. The van der Waals surface area contributed by atoms with Gasteiger partial charge in [-0.3, -0.25) is 0 Å². The fraction of sp³-hybridized carbons (Fsp3) is 0.529. The molecule has 0 spiro atoms. The average Bonchev–Trinajstić information content (AvgIpc) is 3.10. The highest BCUT2D eigenvalue weighted by Gasteiger charge is 2.32. The number of hydrogen-bond acceptors (Lipinski definition) is 4. The van der Waals surface area contributed by atoms with Gasteiger partial charge in [0.1, 0.15) is 17.7 Å². The average molecular weight is 317 g/mol. The number of benzene rings is 1. The van der Waals surface area contributed by atoms with Gasteiger partial charge in [0.25, 0.3) is 0 Å². The topological polar surface area (TPSA) is 56.6 Å². The molecular weight excluding hydrogens is 294 g/mol. The van der Waals surface area contributed by atoms with Crippen molar-refractivity contribution in [2.45, 2.75) is 45.3 Å². The van der Waals surface area contributed by atoms with E-state index in [2.05, 4.69) is 5.10 Å². The van der Waals surface area contributed by atoms with Crippen molar-refractivity contribution in [1.82, 2.24) is 14.8 Å². The van der Waals surface area contributed by atoms with E-state index in [-0.39, 0.29) is 12.1 Å². The van der Waals surface area contributed by atoms with Crippen LogP contribution in [-0.4, -0.2) is 45.7 Å². The highest BCUT2D eigenvalue weighted by atomic mass is 16.7. The van der Waals surface area contributed by atoms with E-state index < -0.39 is 5.60 Å². The van der Waals surface area contributed by atoms with Crippen LogP contribution in [0.15, 0.2) is 30.5 Å². The largest absolute Gasteiger partial charge is 0.444 e. The molecule has 1 fully saturated rings. The van der Waals surface area contributed by atoms with E-state index >= 15 is 0 Å². The number of nitrogens with zero attached hydrogens (tertiary/aromatic N) is 3. The minimum Gasteiger partial charge on any atom is -0.444 e. The molecule has 0 radical (unpaired) electrons. The molecule has 124 valence electrons. The maximum atomic E-state index is 12.3. The lowest BCUT2D eigenvalue weighted by Gasteiger charge is -2.28. The van der Waals surface area contributed by atoms with Gasteiger partial charge in [0.2, 0.25) is 0 Å². The minimum absolute atomic E-state index is 0.0211. The first-order valence-electron chi connectivity index (χ1n) is 8.00. The lowest BCUT2D eigenvalue weighted by molar-refractivity contribution is 0.00589. The lowest BCUT2D eigenvalue weighted by Crippen LogP contribution is -2.43. The molecule has 1 aromatic heterocycles. The zero-order valence-electron chi connectivity index (χ0n) is 13.9. The van der Waals surface area contributed by atoms with E-state index in [4.69, 9.17) is 9.57 Å². The Morgan fingerprint density at radius 1 is 1.35 bits per heavy atom. The van der Waals surface area contributed by atoms with Gasteiger partial charge in [0.15, 0.2) is 0 Å². The third-order valence-corrected chi connectivity index (χ3v) is 3.84. The number of carbonyl (C=O) groups excluding carboxylic acids is 1. The van der Waals surface area contributed by atoms with Crippen molar-refractivity contribution < 1.29 is 14.4 Å². The molecule has 0 N–H and O–H groups in total. The first kappa shape index (κ1) is 15.6. The molecule has 2 heterocycles. The molecular formula is C17H23N3O3. The lowest BCUT2D eigenvalue weighted by atomic mass is 10.2. The summed E-state index contributed by atoms with van der Waals surface area (Å²) in [6, 6.07) is 7.89. The summed E-state index contributed by atoms with van der Waals surface area (Å²) in [4.78, 5) is 21.4. The smallest absolute Gasteiger partial charge is 0.410 e. The molecule has 1 amide bonds. The summed E-state index contributed by atoms with van der Waals surface area (Å²) in [5.41, 5.74) is 0.442. The maximum Gasteiger partial charge on any atom is 0.410 e. The molecule has 0 saturated carbocycles. The van der Waals surface area contributed by atoms with Crippen LogP contribution in [-0.2, 0) is 4.74 Å². The second-order valence-corrected chi connectivity index (χ2v) is 6.84. The van der Waals surface area contributed by atoms with E-state index in [9.17, 15) is 4.79 Å². The van der Waals surface area contributed by atoms with Crippen molar-refractivity contribution in [3.63, 3.8) is 0 Å². The Morgan fingerprint density at radius 3 is 2.91 bits per heavy atom. The summed E-state index contributed by atoms with van der Waals surface area (Å²) in [6.45, 7) is 6.75. The van der Waals surface area contributed by atoms with Crippen molar-refractivity contribution in [2.75, 3.05) is 13.2 Å². The van der Waals surface area contributed by atoms with Crippen LogP contribution in [0.3, 0.4) is 0 Å². The van der Waals surface area contributed by atoms with Crippen LogP contribution in [0.25, 0.3) is 10.9 Å². The summed E-state index contributed by atoms with van der Waals surface area (Å²) in [7, 11) is 0. The Labute approximate surface area is 135 Å². The highest BCUT2D eigenvalue weighted by Crippen LogP contribution is 2.21. The van der Waals surface area contributed by atoms with Crippen molar-refractivity contribution >= 4 is 17.0 Å². The molecule has 2 aromatic rings. The summed E-state index contributed by atoms with van der Waals surface area (Å²) in [5.74, 6) is 0. The van der Waals surface area contributed by atoms with Crippen molar-refractivity contribution in [3.05, 3.63) is 30.5 Å². The SMILES string of the molecule is CC(C)(C)OC(=O)N1CCC[C@H]1COn1ncc2ccccc21. The van der Waals surface area contributed by atoms with Gasteiger partial charge in [0.05, 0.1) is 12.2 Å². The monoisotopic (exact) mass is 317 g/mol. The van der Waals surface area contributed by atoms with Crippen molar-refractivity contribution in [2.24, 2.45) is 0 Å². The van der Waals surface area contributed by atoms with E-state index in [1.54, 1.807) is 11.1 Å². The van der Waals surface area contributed by atoms with Crippen LogP contribution in [0.4, 0.5) is 4.79 Å². The predicted molar refractivity (Wildman–Crippen MR) is 87.1 cm³/mol. The summed E-state index contributed by atoms with van der Waals surface area (Å²) >= 11 is 0. The number of fused-ring (bicyclic) bond motifs is 1. The molecule has 3 rings (SSSR count). The molecule has 6 heteroatoms. The molecule has 1 aliphatic rings. The van der Waals surface area contributed by atoms with E-state index in [0.717, 1.165) is 23.7 Å². The van der Waals surface area contributed by atoms with Crippen LogP contribution in [0.5, 0.6) is 0 Å². The van der Waals surface area contributed by atoms with Gasteiger partial charge in [0, 0.05) is 11.9 Å². The fourth-order valence-electron chi connectivity index (χ4n) is 2.78. The second kappa shape index (κ2) is 6.10. The van der Waals surface area contributed by atoms with Crippen LogP contribution >= 0.6 is 0 Å². The summed E-state index contributed by atoms with van der Waals surface area (Å²) in [5, 5.41) is 5.28. The standard InChI is InChI=1S/C17H23N3O3/c1-17(2,3)23-16(21)19-10-6-8-14(19)12-22-20-15-9-5-4-7-13(15)11-18-20/h4-5,7,9,11,14H,6,8,10,12H2,1-3H3/t14-/m0/s1. The fourth-order valence-corrected chi connectivity index (χ4v) is 2.78. The summed E-state index contributed by atoms with van der Waals surface area (Å²) in [6.07, 6.45) is 3.38. The van der Waals surface area contributed by atoms with Crippen molar-refractivity contribution in [1.29, 1.82) is 0 Å². The molecule has 1 atom stereocenters. The first-order valence-corrected chi connectivity index (χ1v) is 8.00. The Morgan fingerprint density at radius 2 is 2.13 bits per heavy atom. The zero-order chi connectivity index (χ0) is 16.4. The zero-order valence-corrected chi connectivity index (χ0v) is 13.9. The molecule has 0 aliphatic carbocycles. The van der Waals surface area contributed by atoms with Gasteiger partial charge >= 0.3 is 6.09 Å². The number of amides is 1. The van der Waals surface area contributed by atoms with E-state index in [1.165, 1.54) is 4.85 Å². The van der Waals surface area contributed by atoms with Crippen LogP contribution < -0.4 is 4.84 Å².